The normalized spacial score (nSPS) is 16.5. The van der Waals surface area contributed by atoms with Crippen LogP contribution in [0.15, 0.2) is 42.6 Å². The van der Waals surface area contributed by atoms with Crippen molar-refractivity contribution in [2.24, 2.45) is 0 Å². The van der Waals surface area contributed by atoms with Crippen molar-refractivity contribution in [2.75, 3.05) is 6.54 Å². The molecule has 0 saturated heterocycles. The van der Waals surface area contributed by atoms with Gasteiger partial charge in [0.05, 0.1) is 11.7 Å². The Balaban J connectivity index is 1.95. The maximum absolute atomic E-state index is 14.1. The number of halogens is 1. The molecule has 0 aliphatic heterocycles. The van der Waals surface area contributed by atoms with Gasteiger partial charge in [0.15, 0.2) is 0 Å². The summed E-state index contributed by atoms with van der Waals surface area (Å²) in [6.07, 6.45) is 5.51. The fraction of sp³-hybridized carbons (Fsp3) is 0.389. The number of hydrogen-bond donors (Lipinski definition) is 1. The highest BCUT2D eigenvalue weighted by Crippen LogP contribution is 2.37. The first-order valence-electron chi connectivity index (χ1n) is 7.73. The fourth-order valence-corrected chi connectivity index (χ4v) is 2.92. The summed E-state index contributed by atoms with van der Waals surface area (Å²) >= 11 is 0. The van der Waals surface area contributed by atoms with E-state index in [1.54, 1.807) is 12.3 Å². The molecule has 0 radical (unpaired) electrons. The first kappa shape index (κ1) is 14.2. The molecule has 1 aromatic carbocycles. The minimum atomic E-state index is -0.252. The van der Waals surface area contributed by atoms with E-state index in [0.717, 1.165) is 12.1 Å². The molecular formula is C18H21FN2. The predicted molar refractivity (Wildman–Crippen MR) is 82.7 cm³/mol. The average molecular weight is 284 g/mol. The Labute approximate surface area is 125 Å². The molecule has 1 aliphatic rings. The molecule has 110 valence electrons. The molecule has 1 saturated carbocycles. The van der Waals surface area contributed by atoms with Gasteiger partial charge in [-0.3, -0.25) is 4.98 Å². The van der Waals surface area contributed by atoms with Gasteiger partial charge in [0.2, 0.25) is 0 Å². The maximum Gasteiger partial charge on any atom is 0.146 e. The molecular weight excluding hydrogens is 263 g/mol. The number of rotatable bonds is 5. The molecule has 3 rings (SSSR count). The summed E-state index contributed by atoms with van der Waals surface area (Å²) in [6, 6.07) is 11.5. The van der Waals surface area contributed by atoms with Crippen molar-refractivity contribution in [2.45, 2.75) is 38.1 Å². The molecule has 21 heavy (non-hydrogen) atoms. The van der Waals surface area contributed by atoms with E-state index in [-0.39, 0.29) is 11.9 Å². The zero-order chi connectivity index (χ0) is 14.7. The Morgan fingerprint density at radius 3 is 2.81 bits per heavy atom. The molecule has 0 amide bonds. The first-order chi connectivity index (χ1) is 10.3. The molecule has 1 heterocycles. The molecule has 0 bridgehead atoms. The zero-order valence-corrected chi connectivity index (χ0v) is 12.3. The molecule has 1 atom stereocenters. The van der Waals surface area contributed by atoms with Crippen molar-refractivity contribution in [3.8, 4) is 0 Å². The van der Waals surface area contributed by atoms with E-state index in [1.807, 2.05) is 6.92 Å². The number of aromatic nitrogens is 1. The van der Waals surface area contributed by atoms with Crippen LogP contribution in [-0.2, 0) is 0 Å². The third-order valence-electron chi connectivity index (χ3n) is 4.29. The van der Waals surface area contributed by atoms with Crippen LogP contribution in [0, 0.1) is 5.82 Å². The number of nitrogens with zero attached hydrogens (tertiary/aromatic N) is 1. The minimum absolute atomic E-state index is 0.184. The Kier molecular flexibility index (Phi) is 4.30. The van der Waals surface area contributed by atoms with Crippen LogP contribution in [-0.4, -0.2) is 11.5 Å². The van der Waals surface area contributed by atoms with Gasteiger partial charge in [0.1, 0.15) is 5.82 Å². The first-order valence-corrected chi connectivity index (χ1v) is 7.73. The lowest BCUT2D eigenvalue weighted by Gasteiger charge is -2.27. The quantitative estimate of drug-likeness (QED) is 0.890. The second-order valence-electron chi connectivity index (χ2n) is 5.66. The van der Waals surface area contributed by atoms with E-state index in [1.165, 1.54) is 30.9 Å². The Morgan fingerprint density at radius 1 is 1.29 bits per heavy atom. The molecule has 1 aliphatic carbocycles. The monoisotopic (exact) mass is 284 g/mol. The van der Waals surface area contributed by atoms with E-state index in [2.05, 4.69) is 34.6 Å². The summed E-state index contributed by atoms with van der Waals surface area (Å²) in [4.78, 5) is 4.24. The summed E-state index contributed by atoms with van der Waals surface area (Å²) in [5, 5.41) is 3.36. The van der Waals surface area contributed by atoms with Gasteiger partial charge >= 0.3 is 0 Å². The van der Waals surface area contributed by atoms with Crippen molar-refractivity contribution in [1.29, 1.82) is 0 Å². The van der Waals surface area contributed by atoms with Crippen LogP contribution >= 0.6 is 0 Å². The Morgan fingerprint density at radius 2 is 2.14 bits per heavy atom. The van der Waals surface area contributed by atoms with Gasteiger partial charge in [-0.15, -0.1) is 0 Å². The topological polar surface area (TPSA) is 24.9 Å². The maximum atomic E-state index is 14.1. The summed E-state index contributed by atoms with van der Waals surface area (Å²) < 4.78 is 14.1. The van der Waals surface area contributed by atoms with Crippen LogP contribution in [0.2, 0.25) is 0 Å². The van der Waals surface area contributed by atoms with Crippen LogP contribution in [0.25, 0.3) is 0 Å². The van der Waals surface area contributed by atoms with Crippen molar-refractivity contribution >= 4 is 0 Å². The summed E-state index contributed by atoms with van der Waals surface area (Å²) in [5.41, 5.74) is 2.95. The molecule has 3 heteroatoms. The second-order valence-corrected chi connectivity index (χ2v) is 5.66. The number of nitrogens with one attached hydrogen (secondary N) is 1. The van der Waals surface area contributed by atoms with Crippen LogP contribution in [0.1, 0.15) is 55.0 Å². The van der Waals surface area contributed by atoms with Crippen LogP contribution in [0.3, 0.4) is 0 Å². The number of pyridine rings is 1. The van der Waals surface area contributed by atoms with Gasteiger partial charge in [0, 0.05) is 6.20 Å². The standard InChI is InChI=1S/C18H21FN2/c1-2-20-17(18-16(19)10-5-11-21-18)15-9-4-8-14(12-15)13-6-3-7-13/h4-5,8-13,17,20H,2-3,6-7H2,1H3. The number of hydrogen-bond acceptors (Lipinski definition) is 2. The summed E-state index contributed by atoms with van der Waals surface area (Å²) in [7, 11) is 0. The lowest BCUT2D eigenvalue weighted by molar-refractivity contribution is 0.419. The number of benzene rings is 1. The van der Waals surface area contributed by atoms with E-state index < -0.39 is 0 Å². The van der Waals surface area contributed by atoms with Crippen molar-refractivity contribution in [1.82, 2.24) is 10.3 Å². The van der Waals surface area contributed by atoms with Crippen LogP contribution in [0.4, 0.5) is 4.39 Å². The highest BCUT2D eigenvalue weighted by Gasteiger charge is 2.22. The third kappa shape index (κ3) is 2.98. The highest BCUT2D eigenvalue weighted by atomic mass is 19.1. The predicted octanol–water partition coefficient (Wildman–Crippen LogP) is 4.19. The van der Waals surface area contributed by atoms with Gasteiger partial charge < -0.3 is 5.32 Å². The van der Waals surface area contributed by atoms with Gasteiger partial charge in [-0.05, 0) is 48.6 Å². The van der Waals surface area contributed by atoms with E-state index in [9.17, 15) is 4.39 Å². The summed E-state index contributed by atoms with van der Waals surface area (Å²) in [6.45, 7) is 2.80. The van der Waals surface area contributed by atoms with E-state index >= 15 is 0 Å². The van der Waals surface area contributed by atoms with Crippen LogP contribution in [0.5, 0.6) is 0 Å². The smallest absolute Gasteiger partial charge is 0.146 e. The third-order valence-corrected chi connectivity index (χ3v) is 4.29. The molecule has 2 nitrogen and oxygen atoms in total. The highest BCUT2D eigenvalue weighted by molar-refractivity contribution is 5.34. The largest absolute Gasteiger partial charge is 0.305 e. The van der Waals surface area contributed by atoms with Gasteiger partial charge in [-0.1, -0.05) is 37.6 Å². The van der Waals surface area contributed by atoms with Crippen molar-refractivity contribution < 1.29 is 4.39 Å². The average Bonchev–Trinajstić information content (AvgIpc) is 2.44. The molecule has 1 N–H and O–H groups in total. The second kappa shape index (κ2) is 6.35. The van der Waals surface area contributed by atoms with Crippen molar-refractivity contribution in [3.63, 3.8) is 0 Å². The molecule has 1 aromatic heterocycles. The van der Waals surface area contributed by atoms with Gasteiger partial charge in [0.25, 0.3) is 0 Å². The van der Waals surface area contributed by atoms with E-state index in [4.69, 9.17) is 0 Å². The zero-order valence-electron chi connectivity index (χ0n) is 12.3. The van der Waals surface area contributed by atoms with Crippen LogP contribution < -0.4 is 5.32 Å². The van der Waals surface area contributed by atoms with E-state index in [0.29, 0.717) is 11.6 Å². The van der Waals surface area contributed by atoms with Gasteiger partial charge in [-0.25, -0.2) is 4.39 Å². The SMILES string of the molecule is CCNC(c1cccc(C2CCC2)c1)c1ncccc1F. The fourth-order valence-electron chi connectivity index (χ4n) is 2.92. The Hall–Kier alpha value is -1.74. The lowest BCUT2D eigenvalue weighted by atomic mass is 9.79. The molecule has 1 fully saturated rings. The lowest BCUT2D eigenvalue weighted by Crippen LogP contribution is -2.24. The molecule has 1 unspecified atom stereocenters. The Bertz CT molecular complexity index is 608. The molecule has 2 aromatic rings. The van der Waals surface area contributed by atoms with Gasteiger partial charge in [-0.2, -0.15) is 0 Å². The minimum Gasteiger partial charge on any atom is -0.305 e. The summed E-state index contributed by atoms with van der Waals surface area (Å²) in [5.74, 6) is 0.429. The molecule has 0 spiro atoms. The van der Waals surface area contributed by atoms with Crippen molar-refractivity contribution in [3.05, 3.63) is 65.2 Å².